The fourth-order valence-electron chi connectivity index (χ4n) is 3.84. The Morgan fingerprint density at radius 1 is 1.21 bits per heavy atom. The minimum atomic E-state index is -1.34. The first-order valence-corrected chi connectivity index (χ1v) is 10.2. The van der Waals surface area contributed by atoms with Crippen molar-refractivity contribution in [3.05, 3.63) is 47.6 Å². The number of hydrogen-bond donors (Lipinski definition) is 1. The molecule has 1 unspecified atom stereocenters. The van der Waals surface area contributed by atoms with Gasteiger partial charge in [-0.25, -0.2) is 4.79 Å². The molecule has 7 heteroatoms. The van der Waals surface area contributed by atoms with E-state index in [1.165, 1.54) is 11.3 Å². The fourth-order valence-corrected chi connectivity index (χ4v) is 3.84. The molecule has 0 spiro atoms. The average molecular weight is 402 g/mol. The molecule has 2 aromatic rings. The summed E-state index contributed by atoms with van der Waals surface area (Å²) >= 11 is 0. The van der Waals surface area contributed by atoms with Gasteiger partial charge in [-0.1, -0.05) is 54.8 Å². The smallest absolute Gasteiger partial charge is 0.410 e. The Bertz CT molecular complexity index is 809. The largest absolute Gasteiger partial charge is 0.444 e. The molecule has 7 nitrogen and oxygen atoms in total. The molecule has 1 aromatic carbocycles. The number of ether oxygens (including phenoxy) is 1. The van der Waals surface area contributed by atoms with Crippen molar-refractivity contribution in [2.24, 2.45) is 5.92 Å². The first-order valence-electron chi connectivity index (χ1n) is 10.2. The Labute approximate surface area is 172 Å². The van der Waals surface area contributed by atoms with Gasteiger partial charge in [0.2, 0.25) is 0 Å². The highest BCUT2D eigenvalue weighted by atomic mass is 16.6. The standard InChI is InChI=1S/C22H31N3O4/c1-21(2,3)28-20(26)25(4)15-18-23-19(29-24-18)22(27,16-11-7-5-8-12-16)17-13-9-6-10-14-17/h5,7-8,11-12,17,27H,6,9-10,13-15H2,1-4H3. The lowest BCUT2D eigenvalue weighted by atomic mass is 9.73. The Morgan fingerprint density at radius 3 is 2.48 bits per heavy atom. The van der Waals surface area contributed by atoms with Gasteiger partial charge in [-0.15, -0.1) is 0 Å². The van der Waals surface area contributed by atoms with Crippen molar-refractivity contribution >= 4 is 6.09 Å². The molecule has 1 N–H and O–H groups in total. The number of rotatable bonds is 5. The summed E-state index contributed by atoms with van der Waals surface area (Å²) in [7, 11) is 1.62. The van der Waals surface area contributed by atoms with Gasteiger partial charge in [-0.2, -0.15) is 4.98 Å². The van der Waals surface area contributed by atoms with Crippen molar-refractivity contribution in [1.82, 2.24) is 15.0 Å². The third-order valence-corrected chi connectivity index (χ3v) is 5.29. The summed E-state index contributed by atoms with van der Waals surface area (Å²) in [6, 6.07) is 9.50. The monoisotopic (exact) mass is 401 g/mol. The van der Waals surface area contributed by atoms with E-state index in [1.54, 1.807) is 7.05 Å². The molecule has 3 rings (SSSR count). The highest BCUT2D eigenvalue weighted by molar-refractivity contribution is 5.67. The van der Waals surface area contributed by atoms with Crippen LogP contribution in [0.2, 0.25) is 0 Å². The van der Waals surface area contributed by atoms with Gasteiger partial charge in [0.05, 0.1) is 6.54 Å². The van der Waals surface area contributed by atoms with E-state index in [0.717, 1.165) is 31.2 Å². The molecule has 0 radical (unpaired) electrons. The van der Waals surface area contributed by atoms with Crippen molar-refractivity contribution in [3.8, 4) is 0 Å². The van der Waals surface area contributed by atoms with Crippen molar-refractivity contribution < 1.29 is 19.2 Å². The van der Waals surface area contributed by atoms with Crippen LogP contribution in [0, 0.1) is 5.92 Å². The number of aliphatic hydroxyl groups is 1. The molecule has 1 aliphatic rings. The van der Waals surface area contributed by atoms with Gasteiger partial charge in [0.1, 0.15) is 5.60 Å². The van der Waals surface area contributed by atoms with Crippen LogP contribution in [0.5, 0.6) is 0 Å². The van der Waals surface area contributed by atoms with Crippen LogP contribution in [0.25, 0.3) is 0 Å². The van der Waals surface area contributed by atoms with Gasteiger partial charge < -0.3 is 19.3 Å². The molecule has 1 fully saturated rings. The Kier molecular flexibility index (Phi) is 6.27. The van der Waals surface area contributed by atoms with Gasteiger partial charge in [-0.3, -0.25) is 0 Å². The molecule has 0 bridgehead atoms. The summed E-state index contributed by atoms with van der Waals surface area (Å²) in [4.78, 5) is 18.1. The van der Waals surface area contributed by atoms with Gasteiger partial charge >= 0.3 is 6.09 Å². The topological polar surface area (TPSA) is 88.7 Å². The molecule has 1 aliphatic carbocycles. The summed E-state index contributed by atoms with van der Waals surface area (Å²) in [5, 5.41) is 15.8. The number of hydrogen-bond acceptors (Lipinski definition) is 6. The second-order valence-electron chi connectivity index (χ2n) is 8.82. The first-order chi connectivity index (χ1) is 13.7. The van der Waals surface area contributed by atoms with Crippen LogP contribution in [0.4, 0.5) is 4.79 Å². The van der Waals surface area contributed by atoms with Crippen molar-refractivity contribution in [2.45, 2.75) is 70.6 Å². The van der Waals surface area contributed by atoms with Crippen LogP contribution in [0.15, 0.2) is 34.9 Å². The lowest BCUT2D eigenvalue weighted by molar-refractivity contribution is -0.0270. The quantitative estimate of drug-likeness (QED) is 0.806. The first kappa shape index (κ1) is 21.3. The second kappa shape index (κ2) is 8.53. The second-order valence-corrected chi connectivity index (χ2v) is 8.82. The van der Waals surface area contributed by atoms with E-state index < -0.39 is 17.3 Å². The molecule has 1 atom stereocenters. The molecule has 1 heterocycles. The Hall–Kier alpha value is -2.41. The lowest BCUT2D eigenvalue weighted by Gasteiger charge is -2.36. The molecule has 0 aliphatic heterocycles. The predicted molar refractivity (Wildman–Crippen MR) is 108 cm³/mol. The van der Waals surface area contributed by atoms with E-state index in [-0.39, 0.29) is 18.4 Å². The number of benzene rings is 1. The van der Waals surface area contributed by atoms with Crippen molar-refractivity contribution in [1.29, 1.82) is 0 Å². The van der Waals surface area contributed by atoms with Crippen LogP contribution in [-0.4, -0.2) is 38.9 Å². The van der Waals surface area contributed by atoms with Gasteiger partial charge in [0, 0.05) is 13.0 Å². The maximum atomic E-state index is 12.2. The SMILES string of the molecule is CN(Cc1noc(C(O)(c2ccccc2)C2CCCCC2)n1)C(=O)OC(C)(C)C. The van der Waals surface area contributed by atoms with Crippen molar-refractivity contribution in [3.63, 3.8) is 0 Å². The van der Waals surface area contributed by atoms with E-state index in [0.29, 0.717) is 5.82 Å². The van der Waals surface area contributed by atoms with E-state index in [4.69, 9.17) is 9.26 Å². The molecule has 1 aromatic heterocycles. The van der Waals surface area contributed by atoms with E-state index in [2.05, 4.69) is 10.1 Å². The number of carbonyl (C=O) groups is 1. The van der Waals surface area contributed by atoms with Gasteiger partial charge in [0.25, 0.3) is 5.89 Å². The third kappa shape index (κ3) is 4.96. The minimum Gasteiger partial charge on any atom is -0.444 e. The number of aromatic nitrogens is 2. The Morgan fingerprint density at radius 2 is 1.86 bits per heavy atom. The van der Waals surface area contributed by atoms with E-state index in [9.17, 15) is 9.90 Å². The minimum absolute atomic E-state index is 0.00976. The van der Waals surface area contributed by atoms with Crippen LogP contribution >= 0.6 is 0 Å². The summed E-state index contributed by atoms with van der Waals surface area (Å²) in [6.07, 6.45) is 4.66. The average Bonchev–Trinajstić information content (AvgIpc) is 3.16. The summed E-state index contributed by atoms with van der Waals surface area (Å²) in [5.41, 5.74) is -1.16. The molecule has 0 saturated heterocycles. The highest BCUT2D eigenvalue weighted by Crippen LogP contribution is 2.43. The summed E-state index contributed by atoms with van der Waals surface area (Å²) < 4.78 is 10.9. The molecular weight excluding hydrogens is 370 g/mol. The summed E-state index contributed by atoms with van der Waals surface area (Å²) in [6.45, 7) is 5.58. The normalized spacial score (nSPS) is 17.6. The fraction of sp³-hybridized carbons (Fsp3) is 0.591. The van der Waals surface area contributed by atoms with Crippen LogP contribution in [-0.2, 0) is 16.9 Å². The zero-order valence-corrected chi connectivity index (χ0v) is 17.7. The lowest BCUT2D eigenvalue weighted by Crippen LogP contribution is -2.38. The Balaban J connectivity index is 1.83. The highest BCUT2D eigenvalue weighted by Gasteiger charge is 2.45. The third-order valence-electron chi connectivity index (χ3n) is 5.29. The molecule has 158 valence electrons. The van der Waals surface area contributed by atoms with Crippen LogP contribution in [0.3, 0.4) is 0 Å². The maximum Gasteiger partial charge on any atom is 0.410 e. The molecular formula is C22H31N3O4. The van der Waals surface area contributed by atoms with E-state index >= 15 is 0 Å². The zero-order valence-electron chi connectivity index (χ0n) is 17.7. The summed E-state index contributed by atoms with van der Waals surface area (Å²) in [5.74, 6) is 0.525. The number of amides is 1. The maximum absolute atomic E-state index is 12.2. The zero-order chi connectivity index (χ0) is 21.1. The van der Waals surface area contributed by atoms with E-state index in [1.807, 2.05) is 51.1 Å². The predicted octanol–water partition coefficient (Wildman–Crippen LogP) is 4.25. The van der Waals surface area contributed by atoms with Crippen LogP contribution in [0.1, 0.15) is 70.2 Å². The molecule has 29 heavy (non-hydrogen) atoms. The molecule has 1 amide bonds. The van der Waals surface area contributed by atoms with Crippen LogP contribution < -0.4 is 0 Å². The van der Waals surface area contributed by atoms with Gasteiger partial charge in [-0.05, 0) is 39.2 Å². The number of nitrogens with zero attached hydrogens (tertiary/aromatic N) is 3. The van der Waals surface area contributed by atoms with Gasteiger partial charge in [0.15, 0.2) is 11.4 Å². The molecule has 1 saturated carbocycles. The number of carbonyl (C=O) groups excluding carboxylic acids is 1. The van der Waals surface area contributed by atoms with Crippen molar-refractivity contribution in [2.75, 3.05) is 7.05 Å².